The molecule has 0 aliphatic carbocycles. The number of non-ortho nitro benzene ring substituents is 1. The van der Waals surface area contributed by atoms with Crippen molar-refractivity contribution in [1.82, 2.24) is 0 Å². The van der Waals surface area contributed by atoms with Crippen LogP contribution in [0.25, 0.3) is 0 Å². The summed E-state index contributed by atoms with van der Waals surface area (Å²) >= 11 is 5.97. The van der Waals surface area contributed by atoms with Crippen LogP contribution in [-0.2, 0) is 10.0 Å². The van der Waals surface area contributed by atoms with E-state index in [1.807, 2.05) is 0 Å². The van der Waals surface area contributed by atoms with Crippen molar-refractivity contribution in [3.05, 3.63) is 63.2 Å². The molecule has 0 bridgehead atoms. The molecule has 0 saturated heterocycles. The topological polar surface area (TPSA) is 80.5 Å². The van der Waals surface area contributed by atoms with Gasteiger partial charge in [-0.25, -0.2) is 8.42 Å². The average molecular weight is 355 g/mol. The van der Waals surface area contributed by atoms with Gasteiger partial charge in [0, 0.05) is 23.7 Å². The maximum absolute atomic E-state index is 12.9. The lowest BCUT2D eigenvalue weighted by Gasteiger charge is -2.24. The van der Waals surface area contributed by atoms with Gasteiger partial charge in [-0.1, -0.05) is 23.7 Å². The number of halogens is 1. The van der Waals surface area contributed by atoms with E-state index in [1.165, 1.54) is 22.5 Å². The number of rotatable bonds is 5. The second-order valence-corrected chi connectivity index (χ2v) is 7.15. The molecule has 0 fully saturated rings. The van der Waals surface area contributed by atoms with Gasteiger partial charge >= 0.3 is 0 Å². The molecule has 0 unspecified atom stereocenters. The summed E-state index contributed by atoms with van der Waals surface area (Å²) in [5, 5.41) is 11.3. The van der Waals surface area contributed by atoms with Gasteiger partial charge in [0.2, 0.25) is 0 Å². The van der Waals surface area contributed by atoms with Crippen LogP contribution in [0.1, 0.15) is 12.5 Å². The molecule has 0 amide bonds. The van der Waals surface area contributed by atoms with E-state index in [-0.39, 0.29) is 17.1 Å². The molecule has 0 N–H and O–H groups in total. The Kier molecular flexibility index (Phi) is 4.91. The minimum atomic E-state index is -3.93. The lowest BCUT2D eigenvalue weighted by atomic mass is 10.2. The van der Waals surface area contributed by atoms with Crippen molar-refractivity contribution in [2.45, 2.75) is 18.7 Å². The highest BCUT2D eigenvalue weighted by atomic mass is 35.5. The number of benzene rings is 2. The van der Waals surface area contributed by atoms with Gasteiger partial charge in [-0.05, 0) is 37.6 Å². The number of aryl methyl sites for hydroxylation is 1. The predicted molar refractivity (Wildman–Crippen MR) is 89.5 cm³/mol. The molecule has 6 nitrogen and oxygen atoms in total. The van der Waals surface area contributed by atoms with Crippen LogP contribution in [0.4, 0.5) is 11.4 Å². The SMILES string of the molecule is CCN(c1cc(Cl)ccc1C)S(=O)(=O)c1cccc([N+](=O)[O-])c1. The summed E-state index contributed by atoms with van der Waals surface area (Å²) in [6, 6.07) is 9.96. The Morgan fingerprint density at radius 1 is 1.22 bits per heavy atom. The molecule has 0 radical (unpaired) electrons. The minimum Gasteiger partial charge on any atom is -0.266 e. The summed E-state index contributed by atoms with van der Waals surface area (Å²) in [5.41, 5.74) is 0.918. The fourth-order valence-electron chi connectivity index (χ4n) is 2.21. The van der Waals surface area contributed by atoms with Gasteiger partial charge in [0.1, 0.15) is 0 Å². The first-order chi connectivity index (χ1) is 10.8. The quantitative estimate of drug-likeness (QED) is 0.604. The third-order valence-electron chi connectivity index (χ3n) is 3.34. The highest BCUT2D eigenvalue weighted by molar-refractivity contribution is 7.92. The monoisotopic (exact) mass is 354 g/mol. The number of sulfonamides is 1. The molecule has 2 aromatic rings. The Bertz CT molecular complexity index is 852. The number of nitrogens with zero attached hydrogens (tertiary/aromatic N) is 2. The van der Waals surface area contributed by atoms with E-state index in [0.29, 0.717) is 10.7 Å². The maximum atomic E-state index is 12.9. The molecule has 0 aliphatic heterocycles. The van der Waals surface area contributed by atoms with Crippen molar-refractivity contribution in [2.75, 3.05) is 10.8 Å². The zero-order chi connectivity index (χ0) is 17.2. The molecule has 23 heavy (non-hydrogen) atoms. The molecule has 8 heteroatoms. The zero-order valence-electron chi connectivity index (χ0n) is 12.6. The van der Waals surface area contributed by atoms with Crippen LogP contribution in [0, 0.1) is 17.0 Å². The Labute approximate surface area is 139 Å². The summed E-state index contributed by atoms with van der Waals surface area (Å²) in [5.74, 6) is 0. The fourth-order valence-corrected chi connectivity index (χ4v) is 3.94. The van der Waals surface area contributed by atoms with Crippen molar-refractivity contribution in [3.63, 3.8) is 0 Å². The van der Waals surface area contributed by atoms with Gasteiger partial charge in [0.05, 0.1) is 15.5 Å². The molecule has 2 rings (SSSR count). The molecule has 2 aromatic carbocycles. The van der Waals surface area contributed by atoms with Crippen molar-refractivity contribution >= 4 is 33.0 Å². The van der Waals surface area contributed by atoms with E-state index < -0.39 is 14.9 Å². The molecule has 0 aliphatic rings. The third-order valence-corrected chi connectivity index (χ3v) is 5.46. The van der Waals surface area contributed by atoms with E-state index in [2.05, 4.69) is 0 Å². The second-order valence-electron chi connectivity index (χ2n) is 4.86. The van der Waals surface area contributed by atoms with Gasteiger partial charge < -0.3 is 0 Å². The van der Waals surface area contributed by atoms with Gasteiger partial charge in [-0.3, -0.25) is 14.4 Å². The van der Waals surface area contributed by atoms with Crippen LogP contribution in [0.5, 0.6) is 0 Å². The molecular formula is C15H15ClN2O4S. The highest BCUT2D eigenvalue weighted by Crippen LogP contribution is 2.30. The van der Waals surface area contributed by atoms with E-state index in [0.717, 1.165) is 11.6 Å². The predicted octanol–water partition coefficient (Wildman–Crippen LogP) is 3.77. The first-order valence-corrected chi connectivity index (χ1v) is 8.62. The van der Waals surface area contributed by atoms with Crippen LogP contribution in [-0.4, -0.2) is 19.9 Å². The Morgan fingerprint density at radius 2 is 1.91 bits per heavy atom. The summed E-state index contributed by atoms with van der Waals surface area (Å²) < 4.78 is 26.9. The Balaban J connectivity index is 2.58. The maximum Gasteiger partial charge on any atom is 0.270 e. The van der Waals surface area contributed by atoms with Crippen molar-refractivity contribution in [3.8, 4) is 0 Å². The van der Waals surface area contributed by atoms with Crippen LogP contribution in [0.3, 0.4) is 0 Å². The van der Waals surface area contributed by atoms with E-state index in [4.69, 9.17) is 11.6 Å². The first-order valence-electron chi connectivity index (χ1n) is 6.80. The third kappa shape index (κ3) is 3.46. The van der Waals surface area contributed by atoms with Gasteiger partial charge in [-0.2, -0.15) is 0 Å². The smallest absolute Gasteiger partial charge is 0.266 e. The van der Waals surface area contributed by atoms with E-state index >= 15 is 0 Å². The molecule has 0 heterocycles. The highest BCUT2D eigenvalue weighted by Gasteiger charge is 2.26. The number of nitro groups is 1. The fraction of sp³-hybridized carbons (Fsp3) is 0.200. The molecule has 0 atom stereocenters. The summed E-state index contributed by atoms with van der Waals surface area (Å²) in [6.07, 6.45) is 0. The first kappa shape index (κ1) is 17.2. The van der Waals surface area contributed by atoms with Crippen LogP contribution in [0.15, 0.2) is 47.4 Å². The normalized spacial score (nSPS) is 11.3. The average Bonchev–Trinajstić information content (AvgIpc) is 2.51. The molecule has 0 aromatic heterocycles. The van der Waals surface area contributed by atoms with Crippen molar-refractivity contribution in [2.24, 2.45) is 0 Å². The van der Waals surface area contributed by atoms with Gasteiger partial charge in [0.15, 0.2) is 0 Å². The van der Waals surface area contributed by atoms with Crippen molar-refractivity contribution < 1.29 is 13.3 Å². The number of hydrogen-bond acceptors (Lipinski definition) is 4. The minimum absolute atomic E-state index is 0.132. The Morgan fingerprint density at radius 3 is 2.52 bits per heavy atom. The molecule has 0 spiro atoms. The lowest BCUT2D eigenvalue weighted by Crippen LogP contribution is -2.31. The van der Waals surface area contributed by atoms with Crippen LogP contribution in [0.2, 0.25) is 5.02 Å². The van der Waals surface area contributed by atoms with Crippen molar-refractivity contribution in [1.29, 1.82) is 0 Å². The number of anilines is 1. The zero-order valence-corrected chi connectivity index (χ0v) is 14.1. The largest absolute Gasteiger partial charge is 0.270 e. The molecular weight excluding hydrogens is 340 g/mol. The second kappa shape index (κ2) is 6.55. The summed E-state index contributed by atoms with van der Waals surface area (Å²) in [4.78, 5) is 10.1. The lowest BCUT2D eigenvalue weighted by molar-refractivity contribution is -0.385. The van der Waals surface area contributed by atoms with E-state index in [9.17, 15) is 18.5 Å². The summed E-state index contributed by atoms with van der Waals surface area (Å²) in [7, 11) is -3.93. The molecule has 122 valence electrons. The Hall–Kier alpha value is -2.12. The van der Waals surface area contributed by atoms with E-state index in [1.54, 1.807) is 32.0 Å². The van der Waals surface area contributed by atoms with Gasteiger partial charge in [-0.15, -0.1) is 0 Å². The molecule has 0 saturated carbocycles. The van der Waals surface area contributed by atoms with Crippen LogP contribution >= 0.6 is 11.6 Å². The van der Waals surface area contributed by atoms with Gasteiger partial charge in [0.25, 0.3) is 15.7 Å². The number of nitro benzene ring substituents is 1. The standard InChI is InChI=1S/C15H15ClN2O4S/c1-3-17(15-9-12(16)8-7-11(15)2)23(21,22)14-6-4-5-13(10-14)18(19)20/h4-10H,3H2,1-2H3. The summed E-state index contributed by atoms with van der Waals surface area (Å²) in [6.45, 7) is 3.64. The van der Waals surface area contributed by atoms with Crippen LogP contribution < -0.4 is 4.31 Å². The number of hydrogen-bond donors (Lipinski definition) is 0.